The molecule has 3 fully saturated rings. The molecule has 7 N–H and O–H groups in total. The number of aliphatic hydroxyl groups excluding tert-OH is 1. The Morgan fingerprint density at radius 1 is 0.597 bits per heavy atom. The topological polar surface area (TPSA) is 320 Å². The van der Waals surface area contributed by atoms with Gasteiger partial charge in [0.25, 0.3) is 0 Å². The van der Waals surface area contributed by atoms with Crippen molar-refractivity contribution < 1.29 is 70.5 Å². The number of hydrogen-bond donors (Lipinski definition) is 4. The summed E-state index contributed by atoms with van der Waals surface area (Å²) in [5, 5.41) is 8.86. The highest BCUT2D eigenvalue weighted by Crippen LogP contribution is 2.33. The molecule has 30 heteroatoms. The van der Waals surface area contributed by atoms with E-state index in [0.717, 1.165) is 32.3 Å². The Labute approximate surface area is 359 Å². The third-order valence-corrected chi connectivity index (χ3v) is 11.3. The third-order valence-electron chi connectivity index (χ3n) is 8.02. The van der Waals surface area contributed by atoms with Crippen LogP contribution < -0.4 is 34.3 Å². The van der Waals surface area contributed by atoms with Crippen LogP contribution in [-0.4, -0.2) is 139 Å². The zero-order valence-corrected chi connectivity index (χ0v) is 34.6. The minimum Gasteiger partial charge on any atom is -0.432 e. The Balaban J connectivity index is 0.000000378. The Hall–Kier alpha value is -4.82. The molecule has 0 aromatic carbocycles. The van der Waals surface area contributed by atoms with Crippen molar-refractivity contribution in [2.24, 2.45) is 0 Å². The molecule has 62 heavy (non-hydrogen) atoms. The first-order valence-electron chi connectivity index (χ1n) is 18.0. The third kappa shape index (κ3) is 14.1. The quantitative estimate of drug-likeness (QED) is 0.102. The van der Waals surface area contributed by atoms with Crippen molar-refractivity contribution in [3.05, 3.63) is 67.5 Å². The molecule has 0 bridgehead atoms. The molecule has 3 saturated heterocycles. The summed E-state index contributed by atoms with van der Waals surface area (Å²) in [5.74, 6) is -2.84. The fourth-order valence-electron chi connectivity index (χ4n) is 5.08. The molecule has 24 nitrogen and oxygen atoms in total. The van der Waals surface area contributed by atoms with E-state index >= 15 is 0 Å². The highest BCUT2D eigenvalue weighted by atomic mass is 32.2. The smallest absolute Gasteiger partial charge is 0.432 e. The number of ether oxygens (including phenoxy) is 9. The molecule has 0 spiro atoms. The predicted octanol–water partition coefficient (Wildman–Crippen LogP) is 0.00360. The number of aliphatic hydroxyl groups is 1. The lowest BCUT2D eigenvalue weighted by Crippen LogP contribution is -2.30. The second-order valence-corrected chi connectivity index (χ2v) is 15.9. The minimum atomic E-state index is -0.947. The van der Waals surface area contributed by atoms with Crippen LogP contribution in [0.2, 0.25) is 0 Å². The summed E-state index contributed by atoms with van der Waals surface area (Å²) in [6.45, 7) is -0.176. The summed E-state index contributed by atoms with van der Waals surface area (Å²) < 4.78 is 90.2. The predicted molar refractivity (Wildman–Crippen MR) is 211 cm³/mol. The van der Waals surface area contributed by atoms with Crippen molar-refractivity contribution in [1.29, 1.82) is 0 Å². The highest BCUT2D eigenvalue weighted by molar-refractivity contribution is 8.00. The zero-order valence-electron chi connectivity index (χ0n) is 32.1. The van der Waals surface area contributed by atoms with E-state index in [2.05, 4.69) is 15.0 Å². The van der Waals surface area contributed by atoms with Gasteiger partial charge in [-0.25, -0.2) is 37.1 Å². The number of anilines is 3. The molecule has 0 radical (unpaired) electrons. The van der Waals surface area contributed by atoms with E-state index in [1.807, 2.05) is 0 Å². The van der Waals surface area contributed by atoms with Crippen LogP contribution in [-0.2, 0) is 42.6 Å². The SMILES string of the molecule is Nc1nc(=O)n([C@@H]2CS[C@H](CO)O2)cc1F.Nc1nc(=O)n([C@@H]2CS[C@H](COC(=O)OCCOCCOCCOC(=O)OC[C@H]3O[C@H](n4cc(F)c(N)nc4=O)CS3)O2)cc1F. The van der Waals surface area contributed by atoms with Gasteiger partial charge < -0.3 is 64.9 Å². The number of carbonyl (C=O) groups excluding carboxylic acids is 2. The standard InChI is InChI=1S/C24H30F2N6O12S2.C8H10FN3O3S/c25-13-7-31(21(33)29-19(13)27)15-11-45-17(43-15)9-41-23(35)39-5-3-37-1-2-38-4-6-40-24(36)42-10-18-44-16(12-46-18)32-8-14(26)20(28)30-22(32)34;9-4-1-12(8(14)11-7(4)10)5-3-16-6(2-13)15-5/h7-8,15-18H,1-6,9-12H2,(H2,27,29,33)(H2,28,30,34);1,5-6,13H,2-3H2,(H2,10,11,14)/t15-,16-,17-,18+;5-,6+/m00/s1. The molecular weight excluding hydrogens is 904 g/mol. The lowest BCUT2D eigenvalue weighted by Gasteiger charge is -2.15. The maximum absolute atomic E-state index is 13.6. The number of thioether (sulfide) groups is 3. The molecule has 3 aliphatic rings. The number of nitrogens with two attached hydrogens (primary N) is 3. The highest BCUT2D eigenvalue weighted by Gasteiger charge is 2.32. The van der Waals surface area contributed by atoms with Gasteiger partial charge in [0, 0.05) is 17.3 Å². The number of aromatic nitrogens is 6. The number of nitrogen functional groups attached to an aromatic ring is 3. The lowest BCUT2D eigenvalue weighted by atomic mass is 10.5. The first-order chi connectivity index (χ1) is 29.7. The summed E-state index contributed by atoms with van der Waals surface area (Å²) in [6, 6.07) is 0. The van der Waals surface area contributed by atoms with Gasteiger partial charge in [0.15, 0.2) is 34.9 Å². The van der Waals surface area contributed by atoms with Crippen molar-refractivity contribution in [3.63, 3.8) is 0 Å². The monoisotopic (exact) mass is 943 g/mol. The molecule has 6 atom stereocenters. The normalized spacial score (nSPS) is 21.9. The fourth-order valence-corrected chi connectivity index (χ4v) is 7.99. The average Bonchev–Trinajstić information content (AvgIpc) is 4.03. The number of rotatable bonds is 17. The van der Waals surface area contributed by atoms with Crippen LogP contribution in [0.1, 0.15) is 18.7 Å². The molecule has 0 amide bonds. The van der Waals surface area contributed by atoms with Crippen LogP contribution in [0.15, 0.2) is 33.0 Å². The number of hydrogen-bond acceptors (Lipinski definition) is 24. The van der Waals surface area contributed by atoms with Gasteiger partial charge in [0.1, 0.15) is 61.4 Å². The molecule has 3 aromatic heterocycles. The Morgan fingerprint density at radius 2 is 0.919 bits per heavy atom. The van der Waals surface area contributed by atoms with Crippen LogP contribution in [0.3, 0.4) is 0 Å². The van der Waals surface area contributed by atoms with Gasteiger partial charge in [-0.15, -0.1) is 35.3 Å². The molecular formula is C32H40F3N9O15S3. The van der Waals surface area contributed by atoms with Crippen LogP contribution in [0.4, 0.5) is 40.2 Å². The second-order valence-electron chi connectivity index (χ2n) is 12.3. The molecule has 6 rings (SSSR count). The van der Waals surface area contributed by atoms with Crippen LogP contribution in [0, 0.1) is 17.5 Å². The Kier molecular flexibility index (Phi) is 18.3. The average molecular weight is 944 g/mol. The summed E-state index contributed by atoms with van der Waals surface area (Å²) in [4.78, 5) is 68.9. The van der Waals surface area contributed by atoms with Gasteiger partial charge in [-0.2, -0.15) is 15.0 Å². The van der Waals surface area contributed by atoms with Crippen molar-refractivity contribution in [3.8, 4) is 0 Å². The van der Waals surface area contributed by atoms with E-state index in [1.165, 1.54) is 35.3 Å². The number of nitrogens with zero attached hydrogens (tertiary/aromatic N) is 6. The van der Waals surface area contributed by atoms with E-state index in [-0.39, 0.29) is 59.5 Å². The van der Waals surface area contributed by atoms with Gasteiger partial charge >= 0.3 is 29.4 Å². The van der Waals surface area contributed by atoms with Crippen molar-refractivity contribution in [1.82, 2.24) is 28.7 Å². The molecule has 0 unspecified atom stereocenters. The van der Waals surface area contributed by atoms with E-state index in [9.17, 15) is 37.1 Å². The molecule has 3 aliphatic heterocycles. The first kappa shape index (κ1) is 48.2. The first-order valence-corrected chi connectivity index (χ1v) is 21.2. The molecule has 342 valence electrons. The van der Waals surface area contributed by atoms with E-state index < -0.39 is 99.3 Å². The molecule has 3 aromatic rings. The van der Waals surface area contributed by atoms with Crippen LogP contribution in [0.5, 0.6) is 0 Å². The van der Waals surface area contributed by atoms with Gasteiger partial charge in [-0.05, 0) is 0 Å². The van der Waals surface area contributed by atoms with Gasteiger partial charge in [0.2, 0.25) is 0 Å². The molecule has 0 saturated carbocycles. The largest absolute Gasteiger partial charge is 0.508 e. The number of halogens is 3. The Bertz CT molecular complexity index is 2070. The van der Waals surface area contributed by atoms with Crippen molar-refractivity contribution in [2.75, 3.05) is 93.9 Å². The number of carbonyl (C=O) groups is 2. The molecule has 6 heterocycles. The van der Waals surface area contributed by atoms with Crippen molar-refractivity contribution in [2.45, 2.75) is 35.0 Å². The summed E-state index contributed by atoms with van der Waals surface area (Å²) in [7, 11) is 0. The lowest BCUT2D eigenvalue weighted by molar-refractivity contribution is -0.0335. The van der Waals surface area contributed by atoms with Crippen molar-refractivity contribution >= 4 is 65.0 Å². The van der Waals surface area contributed by atoms with E-state index in [4.69, 9.17) is 64.9 Å². The Morgan fingerprint density at radius 3 is 1.26 bits per heavy atom. The van der Waals surface area contributed by atoms with Crippen LogP contribution >= 0.6 is 35.3 Å². The van der Waals surface area contributed by atoms with Gasteiger partial charge in [0.05, 0.1) is 51.6 Å². The maximum Gasteiger partial charge on any atom is 0.508 e. The summed E-state index contributed by atoms with van der Waals surface area (Å²) in [6.07, 6.45) is -1.31. The summed E-state index contributed by atoms with van der Waals surface area (Å²) in [5.41, 5.74) is 11.9. The van der Waals surface area contributed by atoms with E-state index in [1.54, 1.807) is 0 Å². The zero-order chi connectivity index (χ0) is 44.8. The van der Waals surface area contributed by atoms with E-state index in [0.29, 0.717) is 17.3 Å². The molecule has 0 aliphatic carbocycles. The van der Waals surface area contributed by atoms with Crippen LogP contribution in [0.25, 0.3) is 0 Å². The summed E-state index contributed by atoms with van der Waals surface area (Å²) >= 11 is 3.87. The van der Waals surface area contributed by atoms with Gasteiger partial charge in [-0.3, -0.25) is 13.7 Å². The van der Waals surface area contributed by atoms with Gasteiger partial charge in [-0.1, -0.05) is 0 Å². The second kappa shape index (κ2) is 23.6. The minimum absolute atomic E-state index is 0.0666. The fraction of sp³-hybridized carbons (Fsp3) is 0.562. The maximum atomic E-state index is 13.6.